The fourth-order valence-corrected chi connectivity index (χ4v) is 4.14. The second kappa shape index (κ2) is 8.67. The standard InChI is InChI=1S/C26H22N8/c1-3-11-19(12-4-1)27-25(33-23-17-9-7-15-21(23)29-31-33)26(28-20-13-5-2-6-14-20)34-24-18-10-8-16-22(24)30-32-34/h1-18,25-28H/t25-,26-/m0/s1. The maximum absolute atomic E-state index is 4.55. The van der Waals surface area contributed by atoms with Crippen LogP contribution in [0.3, 0.4) is 0 Å². The Kier molecular flexibility index (Phi) is 5.08. The smallest absolute Gasteiger partial charge is 0.164 e. The van der Waals surface area contributed by atoms with Gasteiger partial charge in [-0.1, -0.05) is 71.1 Å². The van der Waals surface area contributed by atoms with Gasteiger partial charge in [-0.15, -0.1) is 10.2 Å². The number of fused-ring (bicyclic) bond motifs is 2. The Morgan fingerprint density at radius 3 is 1.29 bits per heavy atom. The predicted molar refractivity (Wildman–Crippen MR) is 133 cm³/mol. The minimum absolute atomic E-state index is 0.389. The molecule has 2 heterocycles. The van der Waals surface area contributed by atoms with Crippen molar-refractivity contribution in [2.45, 2.75) is 12.3 Å². The van der Waals surface area contributed by atoms with Gasteiger partial charge in [-0.05, 0) is 48.5 Å². The third-order valence-corrected chi connectivity index (χ3v) is 5.76. The Morgan fingerprint density at radius 1 is 0.471 bits per heavy atom. The van der Waals surface area contributed by atoms with Crippen LogP contribution in [-0.2, 0) is 0 Å². The fraction of sp³-hybridized carbons (Fsp3) is 0.0769. The van der Waals surface area contributed by atoms with Crippen molar-refractivity contribution in [3.8, 4) is 0 Å². The molecule has 0 spiro atoms. The Bertz CT molecular complexity index is 1410. The Balaban J connectivity index is 1.54. The van der Waals surface area contributed by atoms with Crippen LogP contribution in [0.15, 0.2) is 109 Å². The Labute approximate surface area is 195 Å². The highest BCUT2D eigenvalue weighted by atomic mass is 15.5. The number of nitrogens with one attached hydrogen (secondary N) is 2. The molecule has 2 atom stereocenters. The van der Waals surface area contributed by atoms with Crippen LogP contribution >= 0.6 is 0 Å². The minimum atomic E-state index is -0.389. The van der Waals surface area contributed by atoms with E-state index in [1.165, 1.54) is 0 Å². The normalized spacial score (nSPS) is 13.1. The quantitative estimate of drug-likeness (QED) is 0.355. The van der Waals surface area contributed by atoms with Crippen LogP contribution < -0.4 is 10.6 Å². The van der Waals surface area contributed by atoms with E-state index in [0.717, 1.165) is 33.4 Å². The highest BCUT2D eigenvalue weighted by molar-refractivity contribution is 5.75. The van der Waals surface area contributed by atoms with Crippen molar-refractivity contribution in [1.29, 1.82) is 0 Å². The molecule has 6 aromatic rings. The average Bonchev–Trinajstić information content (AvgIpc) is 3.52. The number of aromatic nitrogens is 6. The average molecular weight is 447 g/mol. The zero-order valence-electron chi connectivity index (χ0n) is 18.2. The van der Waals surface area contributed by atoms with Gasteiger partial charge in [0.1, 0.15) is 11.0 Å². The highest BCUT2D eigenvalue weighted by Crippen LogP contribution is 2.31. The molecule has 8 heteroatoms. The molecule has 166 valence electrons. The fourth-order valence-electron chi connectivity index (χ4n) is 4.14. The summed E-state index contributed by atoms with van der Waals surface area (Å²) in [6, 6.07) is 36.0. The lowest BCUT2D eigenvalue weighted by Gasteiger charge is -2.31. The van der Waals surface area contributed by atoms with Gasteiger partial charge in [-0.25, -0.2) is 9.36 Å². The Hall–Kier alpha value is -4.72. The number of rotatable bonds is 7. The second-order valence-corrected chi connectivity index (χ2v) is 7.96. The van der Waals surface area contributed by atoms with Crippen LogP contribution in [0.25, 0.3) is 22.1 Å². The third kappa shape index (κ3) is 3.71. The predicted octanol–water partition coefficient (Wildman–Crippen LogP) is 5.10. The lowest BCUT2D eigenvalue weighted by Crippen LogP contribution is -2.35. The van der Waals surface area contributed by atoms with Gasteiger partial charge in [0.05, 0.1) is 11.0 Å². The molecular formula is C26H22N8. The van der Waals surface area contributed by atoms with E-state index in [4.69, 9.17) is 0 Å². The lowest BCUT2D eigenvalue weighted by molar-refractivity contribution is 0.347. The molecule has 0 aliphatic heterocycles. The topological polar surface area (TPSA) is 85.5 Å². The molecule has 0 bridgehead atoms. The van der Waals surface area contributed by atoms with Crippen molar-refractivity contribution >= 4 is 33.4 Å². The maximum atomic E-state index is 4.55. The molecular weight excluding hydrogens is 424 g/mol. The first-order chi connectivity index (χ1) is 16.9. The molecule has 0 saturated heterocycles. The van der Waals surface area contributed by atoms with Gasteiger partial charge in [-0.3, -0.25) is 0 Å². The molecule has 4 aromatic carbocycles. The van der Waals surface area contributed by atoms with E-state index >= 15 is 0 Å². The van der Waals surface area contributed by atoms with Crippen molar-refractivity contribution in [2.75, 3.05) is 10.6 Å². The summed E-state index contributed by atoms with van der Waals surface area (Å²) in [5.74, 6) is 0. The third-order valence-electron chi connectivity index (χ3n) is 5.76. The van der Waals surface area contributed by atoms with Gasteiger partial charge >= 0.3 is 0 Å². The van der Waals surface area contributed by atoms with E-state index in [2.05, 4.69) is 31.3 Å². The monoisotopic (exact) mass is 446 g/mol. The van der Waals surface area contributed by atoms with Gasteiger partial charge in [0.25, 0.3) is 0 Å². The summed E-state index contributed by atoms with van der Waals surface area (Å²) in [5.41, 5.74) is 5.39. The van der Waals surface area contributed by atoms with Crippen LogP contribution in [0.2, 0.25) is 0 Å². The highest BCUT2D eigenvalue weighted by Gasteiger charge is 2.30. The molecule has 6 rings (SSSR count). The first-order valence-corrected chi connectivity index (χ1v) is 11.1. The number of hydrogen-bond donors (Lipinski definition) is 2. The number of para-hydroxylation sites is 4. The second-order valence-electron chi connectivity index (χ2n) is 7.96. The van der Waals surface area contributed by atoms with Crippen LogP contribution in [0.5, 0.6) is 0 Å². The number of nitrogens with zero attached hydrogens (tertiary/aromatic N) is 6. The van der Waals surface area contributed by atoms with E-state index < -0.39 is 0 Å². The van der Waals surface area contributed by atoms with E-state index in [0.29, 0.717) is 0 Å². The van der Waals surface area contributed by atoms with Crippen LogP contribution in [0, 0.1) is 0 Å². The molecule has 8 nitrogen and oxygen atoms in total. The van der Waals surface area contributed by atoms with Gasteiger partial charge < -0.3 is 10.6 Å². The van der Waals surface area contributed by atoms with Gasteiger partial charge in [-0.2, -0.15) is 0 Å². The first-order valence-electron chi connectivity index (χ1n) is 11.1. The molecule has 0 amide bonds. The van der Waals surface area contributed by atoms with E-state index in [1.54, 1.807) is 0 Å². The molecule has 0 unspecified atom stereocenters. The van der Waals surface area contributed by atoms with Crippen molar-refractivity contribution < 1.29 is 0 Å². The summed E-state index contributed by atoms with van der Waals surface area (Å²) in [6.45, 7) is 0. The summed E-state index contributed by atoms with van der Waals surface area (Å²) in [5, 5.41) is 25.2. The largest absolute Gasteiger partial charge is 0.360 e. The summed E-state index contributed by atoms with van der Waals surface area (Å²) < 4.78 is 3.80. The van der Waals surface area contributed by atoms with Crippen molar-refractivity contribution in [1.82, 2.24) is 30.0 Å². The molecule has 0 radical (unpaired) electrons. The molecule has 0 aliphatic carbocycles. The van der Waals surface area contributed by atoms with Crippen molar-refractivity contribution in [3.05, 3.63) is 109 Å². The molecule has 2 aromatic heterocycles. The summed E-state index contributed by atoms with van der Waals surface area (Å²) in [6.07, 6.45) is -0.778. The first kappa shape index (κ1) is 19.9. The van der Waals surface area contributed by atoms with E-state index in [1.807, 2.05) is 119 Å². The van der Waals surface area contributed by atoms with E-state index in [9.17, 15) is 0 Å². The van der Waals surface area contributed by atoms with E-state index in [-0.39, 0.29) is 12.3 Å². The SMILES string of the molecule is c1ccc(N[C@H]([C@@H](Nc2ccccc2)n2nnc3ccccc32)n2nnc3ccccc32)cc1. The lowest BCUT2D eigenvalue weighted by atomic mass is 10.2. The Morgan fingerprint density at radius 2 is 0.853 bits per heavy atom. The molecule has 0 saturated carbocycles. The number of benzene rings is 4. The molecule has 0 fully saturated rings. The zero-order valence-corrected chi connectivity index (χ0v) is 18.2. The number of anilines is 2. The molecule has 2 N–H and O–H groups in total. The van der Waals surface area contributed by atoms with Crippen LogP contribution in [0.1, 0.15) is 12.3 Å². The van der Waals surface area contributed by atoms with Crippen molar-refractivity contribution in [3.63, 3.8) is 0 Å². The summed E-state index contributed by atoms with van der Waals surface area (Å²) in [7, 11) is 0. The molecule has 0 aliphatic rings. The minimum Gasteiger partial charge on any atom is -0.360 e. The molecule has 34 heavy (non-hydrogen) atoms. The zero-order chi connectivity index (χ0) is 22.7. The van der Waals surface area contributed by atoms with Gasteiger partial charge in [0.2, 0.25) is 0 Å². The van der Waals surface area contributed by atoms with Gasteiger partial charge in [0.15, 0.2) is 12.3 Å². The van der Waals surface area contributed by atoms with Crippen molar-refractivity contribution in [2.24, 2.45) is 0 Å². The maximum Gasteiger partial charge on any atom is 0.164 e. The van der Waals surface area contributed by atoms with Crippen LogP contribution in [-0.4, -0.2) is 30.0 Å². The van der Waals surface area contributed by atoms with Gasteiger partial charge in [0, 0.05) is 11.4 Å². The summed E-state index contributed by atoms with van der Waals surface area (Å²) in [4.78, 5) is 0. The van der Waals surface area contributed by atoms with Crippen LogP contribution in [0.4, 0.5) is 11.4 Å². The summed E-state index contributed by atoms with van der Waals surface area (Å²) >= 11 is 0. The number of hydrogen-bond acceptors (Lipinski definition) is 6.